The molecule has 0 amide bonds. The molecule has 0 aromatic rings. The van der Waals surface area contributed by atoms with E-state index >= 15 is 0 Å². The summed E-state index contributed by atoms with van der Waals surface area (Å²) in [6.45, 7) is 9.90. The average molecular weight is 233 g/mol. The monoisotopic (exact) mass is 233 g/mol. The highest BCUT2D eigenvalue weighted by atomic mass is 16.5. The molecular formula is C12H27NO3. The van der Waals surface area contributed by atoms with Crippen LogP contribution in [0, 0.1) is 0 Å². The zero-order valence-corrected chi connectivity index (χ0v) is 11.1. The van der Waals surface area contributed by atoms with E-state index in [1.807, 2.05) is 13.8 Å². The third-order valence-electron chi connectivity index (χ3n) is 2.06. The Kier molecular flexibility index (Phi) is 11.2. The second-order valence-corrected chi connectivity index (χ2v) is 4.10. The molecule has 98 valence electrons. The molecule has 0 aliphatic rings. The minimum atomic E-state index is 0.268. The minimum Gasteiger partial charge on any atom is -0.382 e. The molecule has 0 aromatic heterocycles. The summed E-state index contributed by atoms with van der Waals surface area (Å²) >= 11 is 0. The van der Waals surface area contributed by atoms with Crippen LogP contribution in [-0.4, -0.2) is 52.2 Å². The first-order valence-electron chi connectivity index (χ1n) is 6.12. The second kappa shape index (κ2) is 11.3. The first-order valence-corrected chi connectivity index (χ1v) is 6.12. The molecule has 1 unspecified atom stereocenters. The molecule has 0 aliphatic carbocycles. The first kappa shape index (κ1) is 15.8. The van der Waals surface area contributed by atoms with Gasteiger partial charge in [0.15, 0.2) is 0 Å². The Morgan fingerprint density at radius 2 is 1.88 bits per heavy atom. The Morgan fingerprint density at radius 1 is 1.12 bits per heavy atom. The number of hydrogen-bond acceptors (Lipinski definition) is 4. The fourth-order valence-corrected chi connectivity index (χ4v) is 1.19. The summed E-state index contributed by atoms with van der Waals surface area (Å²) in [5, 5.41) is 3.41. The molecule has 1 atom stereocenters. The van der Waals surface area contributed by atoms with Gasteiger partial charge in [0.1, 0.15) is 0 Å². The molecule has 0 saturated carbocycles. The van der Waals surface area contributed by atoms with Crippen LogP contribution in [0.5, 0.6) is 0 Å². The van der Waals surface area contributed by atoms with Crippen molar-refractivity contribution in [2.24, 2.45) is 0 Å². The number of rotatable bonds is 11. The maximum atomic E-state index is 5.58. The van der Waals surface area contributed by atoms with E-state index in [-0.39, 0.29) is 12.1 Å². The zero-order valence-electron chi connectivity index (χ0n) is 11.1. The predicted octanol–water partition coefficient (Wildman–Crippen LogP) is 1.44. The van der Waals surface area contributed by atoms with E-state index in [2.05, 4.69) is 12.2 Å². The SMILES string of the molecule is CCCNC(COCCOC)COC(C)C. The molecule has 0 aliphatic heterocycles. The highest BCUT2D eigenvalue weighted by molar-refractivity contribution is 4.65. The summed E-state index contributed by atoms with van der Waals surface area (Å²) in [4.78, 5) is 0. The van der Waals surface area contributed by atoms with Crippen LogP contribution in [0.4, 0.5) is 0 Å². The number of nitrogens with one attached hydrogen (secondary N) is 1. The number of methoxy groups -OCH3 is 1. The summed E-state index contributed by atoms with van der Waals surface area (Å²) in [6, 6.07) is 0.277. The van der Waals surface area contributed by atoms with Gasteiger partial charge in [-0.3, -0.25) is 0 Å². The summed E-state index contributed by atoms with van der Waals surface area (Å²) in [7, 11) is 1.68. The van der Waals surface area contributed by atoms with Gasteiger partial charge in [-0.25, -0.2) is 0 Å². The molecule has 0 rings (SSSR count). The van der Waals surface area contributed by atoms with Crippen molar-refractivity contribution in [3.05, 3.63) is 0 Å². The molecule has 0 fully saturated rings. The molecule has 0 radical (unpaired) electrons. The summed E-state index contributed by atoms with van der Waals surface area (Å²) in [5.74, 6) is 0. The highest BCUT2D eigenvalue weighted by Gasteiger charge is 2.08. The molecular weight excluding hydrogens is 206 g/mol. The molecule has 16 heavy (non-hydrogen) atoms. The van der Waals surface area contributed by atoms with Gasteiger partial charge in [-0.05, 0) is 26.8 Å². The lowest BCUT2D eigenvalue weighted by Crippen LogP contribution is -2.39. The van der Waals surface area contributed by atoms with E-state index in [0.29, 0.717) is 26.4 Å². The zero-order chi connectivity index (χ0) is 12.2. The maximum Gasteiger partial charge on any atom is 0.0701 e. The molecule has 0 spiro atoms. The van der Waals surface area contributed by atoms with Crippen molar-refractivity contribution in [3.8, 4) is 0 Å². The molecule has 4 nitrogen and oxygen atoms in total. The Hall–Kier alpha value is -0.160. The lowest BCUT2D eigenvalue weighted by molar-refractivity contribution is 0.0159. The fourth-order valence-electron chi connectivity index (χ4n) is 1.19. The summed E-state index contributed by atoms with van der Waals surface area (Å²) in [5.41, 5.74) is 0. The first-order chi connectivity index (χ1) is 7.70. The normalized spacial score (nSPS) is 13.3. The Labute approximate surface area is 99.6 Å². The van der Waals surface area contributed by atoms with Gasteiger partial charge < -0.3 is 19.5 Å². The van der Waals surface area contributed by atoms with E-state index in [4.69, 9.17) is 14.2 Å². The van der Waals surface area contributed by atoms with Crippen molar-refractivity contribution in [2.45, 2.75) is 39.3 Å². The van der Waals surface area contributed by atoms with Gasteiger partial charge >= 0.3 is 0 Å². The van der Waals surface area contributed by atoms with Gasteiger partial charge in [0.05, 0.1) is 38.6 Å². The van der Waals surface area contributed by atoms with E-state index in [9.17, 15) is 0 Å². The van der Waals surface area contributed by atoms with Crippen molar-refractivity contribution in [3.63, 3.8) is 0 Å². The number of ether oxygens (including phenoxy) is 3. The van der Waals surface area contributed by atoms with Gasteiger partial charge in [0.25, 0.3) is 0 Å². The maximum absolute atomic E-state index is 5.58. The minimum absolute atomic E-state index is 0.268. The summed E-state index contributed by atoms with van der Waals surface area (Å²) in [6.07, 6.45) is 1.39. The Balaban J connectivity index is 3.62. The Bertz CT molecular complexity index is 142. The van der Waals surface area contributed by atoms with Crippen molar-refractivity contribution >= 4 is 0 Å². The predicted molar refractivity (Wildman–Crippen MR) is 65.9 cm³/mol. The Morgan fingerprint density at radius 3 is 2.44 bits per heavy atom. The van der Waals surface area contributed by atoms with Crippen molar-refractivity contribution < 1.29 is 14.2 Å². The lowest BCUT2D eigenvalue weighted by Gasteiger charge is -2.20. The van der Waals surface area contributed by atoms with Crippen LogP contribution in [-0.2, 0) is 14.2 Å². The van der Waals surface area contributed by atoms with Gasteiger partial charge in [-0.1, -0.05) is 6.92 Å². The van der Waals surface area contributed by atoms with E-state index in [1.54, 1.807) is 7.11 Å². The van der Waals surface area contributed by atoms with Crippen LogP contribution in [0.1, 0.15) is 27.2 Å². The van der Waals surface area contributed by atoms with E-state index < -0.39 is 0 Å². The molecule has 0 saturated heterocycles. The topological polar surface area (TPSA) is 39.7 Å². The molecule has 0 aromatic carbocycles. The molecule has 0 bridgehead atoms. The third-order valence-corrected chi connectivity index (χ3v) is 2.06. The molecule has 0 heterocycles. The fraction of sp³-hybridized carbons (Fsp3) is 1.00. The smallest absolute Gasteiger partial charge is 0.0701 e. The van der Waals surface area contributed by atoms with Gasteiger partial charge in [0, 0.05) is 7.11 Å². The van der Waals surface area contributed by atoms with Crippen molar-refractivity contribution in [2.75, 3.05) is 40.1 Å². The van der Waals surface area contributed by atoms with Gasteiger partial charge in [-0.2, -0.15) is 0 Å². The number of hydrogen-bond donors (Lipinski definition) is 1. The van der Waals surface area contributed by atoms with Gasteiger partial charge in [0.2, 0.25) is 0 Å². The highest BCUT2D eigenvalue weighted by Crippen LogP contribution is 1.94. The van der Waals surface area contributed by atoms with Crippen LogP contribution >= 0.6 is 0 Å². The summed E-state index contributed by atoms with van der Waals surface area (Å²) < 4.78 is 16.0. The quantitative estimate of drug-likeness (QED) is 0.548. The van der Waals surface area contributed by atoms with Crippen LogP contribution < -0.4 is 5.32 Å². The van der Waals surface area contributed by atoms with Crippen molar-refractivity contribution in [1.82, 2.24) is 5.32 Å². The largest absolute Gasteiger partial charge is 0.382 e. The second-order valence-electron chi connectivity index (χ2n) is 4.10. The van der Waals surface area contributed by atoms with Crippen LogP contribution in [0.2, 0.25) is 0 Å². The lowest BCUT2D eigenvalue weighted by atomic mass is 10.3. The van der Waals surface area contributed by atoms with Crippen molar-refractivity contribution in [1.29, 1.82) is 0 Å². The van der Waals surface area contributed by atoms with E-state index in [1.165, 1.54) is 0 Å². The standard InChI is InChI=1S/C12H27NO3/c1-5-6-13-12(10-16-11(2)3)9-15-8-7-14-4/h11-13H,5-10H2,1-4H3. The van der Waals surface area contributed by atoms with Gasteiger partial charge in [-0.15, -0.1) is 0 Å². The third kappa shape index (κ3) is 10.4. The van der Waals surface area contributed by atoms with Crippen LogP contribution in [0.25, 0.3) is 0 Å². The molecule has 4 heteroatoms. The molecule has 1 N–H and O–H groups in total. The van der Waals surface area contributed by atoms with Crippen LogP contribution in [0.15, 0.2) is 0 Å². The average Bonchev–Trinajstić information content (AvgIpc) is 2.26. The van der Waals surface area contributed by atoms with E-state index in [0.717, 1.165) is 13.0 Å². The van der Waals surface area contributed by atoms with Crippen LogP contribution in [0.3, 0.4) is 0 Å².